The van der Waals surface area contributed by atoms with Gasteiger partial charge in [0.15, 0.2) is 13.1 Å². The van der Waals surface area contributed by atoms with Crippen molar-refractivity contribution >= 4 is 17.5 Å². The molecule has 0 spiro atoms. The predicted octanol–water partition coefficient (Wildman–Crippen LogP) is 2.51. The van der Waals surface area contributed by atoms with Gasteiger partial charge in [0, 0.05) is 5.69 Å². The largest absolute Gasteiger partial charge is 0.345 e. The van der Waals surface area contributed by atoms with Crippen molar-refractivity contribution in [1.82, 2.24) is 5.32 Å². The summed E-state index contributed by atoms with van der Waals surface area (Å²) in [5, 5.41) is 6.07. The molecule has 0 aliphatic heterocycles. The van der Waals surface area contributed by atoms with Crippen molar-refractivity contribution in [3.63, 3.8) is 0 Å². The Morgan fingerprint density at radius 1 is 0.967 bits per heavy atom. The minimum atomic E-state index is -0.0829. The van der Waals surface area contributed by atoms with Crippen LogP contribution in [0.3, 0.4) is 0 Å². The molecule has 2 atom stereocenters. The van der Waals surface area contributed by atoms with Crippen molar-refractivity contribution in [2.45, 2.75) is 52.5 Å². The van der Waals surface area contributed by atoms with Crippen molar-refractivity contribution in [3.05, 3.63) is 64.2 Å². The van der Waals surface area contributed by atoms with Crippen molar-refractivity contribution in [2.24, 2.45) is 0 Å². The molecule has 30 heavy (non-hydrogen) atoms. The average Bonchev–Trinajstić information content (AvgIpc) is 2.70. The lowest BCUT2D eigenvalue weighted by atomic mass is 9.89. The van der Waals surface area contributed by atoms with Gasteiger partial charge in [0.2, 0.25) is 0 Å². The number of carbonyl (C=O) groups excluding carboxylic acids is 2. The number of para-hydroxylation sites is 1. The van der Waals surface area contributed by atoms with E-state index in [1.165, 1.54) is 24.0 Å². The van der Waals surface area contributed by atoms with Gasteiger partial charge in [-0.2, -0.15) is 0 Å². The summed E-state index contributed by atoms with van der Waals surface area (Å²) < 4.78 is 0. The second-order valence-corrected chi connectivity index (χ2v) is 8.65. The van der Waals surface area contributed by atoms with E-state index in [0.29, 0.717) is 0 Å². The highest BCUT2D eigenvalue weighted by molar-refractivity contribution is 5.93. The summed E-state index contributed by atoms with van der Waals surface area (Å²) in [7, 11) is 1.87. The lowest BCUT2D eigenvalue weighted by Gasteiger charge is -2.21. The van der Waals surface area contributed by atoms with E-state index in [-0.39, 0.29) is 30.9 Å². The molecule has 1 aliphatic carbocycles. The quantitative estimate of drug-likeness (QED) is 0.659. The molecule has 0 fully saturated rings. The summed E-state index contributed by atoms with van der Waals surface area (Å²) in [6.45, 7) is 6.48. The maximum atomic E-state index is 12.5. The summed E-state index contributed by atoms with van der Waals surface area (Å²) in [6.07, 6.45) is 4.81. The standard InChI is InChI=1S/C25H33N3O2/c1-17-8-7-9-18(2)25(17)27-24(30)16-28(4)15-23(29)26-19(3)21-13-12-20-10-5-6-11-22(20)14-21/h7-9,12-14,19H,5-6,10-11,15-16H2,1-4H3,(H,26,29)(H,27,30)/p+1/t19-/m0/s1. The first kappa shape index (κ1) is 22.0. The van der Waals surface area contributed by atoms with Crippen LogP contribution in [0.2, 0.25) is 0 Å². The Kier molecular flexibility index (Phi) is 7.27. The Morgan fingerprint density at radius 3 is 2.30 bits per heavy atom. The zero-order valence-corrected chi connectivity index (χ0v) is 18.6. The first-order valence-corrected chi connectivity index (χ1v) is 10.9. The normalized spacial score (nSPS) is 15.1. The Hall–Kier alpha value is -2.66. The molecule has 160 valence electrons. The molecule has 2 aromatic carbocycles. The molecule has 5 nitrogen and oxygen atoms in total. The molecule has 1 unspecified atom stereocenters. The van der Waals surface area contributed by atoms with Crippen LogP contribution in [0, 0.1) is 13.8 Å². The van der Waals surface area contributed by atoms with Crippen LogP contribution in [-0.2, 0) is 22.4 Å². The monoisotopic (exact) mass is 408 g/mol. The molecule has 3 N–H and O–H groups in total. The smallest absolute Gasteiger partial charge is 0.279 e. The van der Waals surface area contributed by atoms with Gasteiger partial charge in [-0.3, -0.25) is 9.59 Å². The zero-order chi connectivity index (χ0) is 21.7. The number of quaternary nitrogens is 1. The van der Waals surface area contributed by atoms with Crippen molar-refractivity contribution in [2.75, 3.05) is 25.5 Å². The van der Waals surface area contributed by atoms with E-state index in [9.17, 15) is 9.59 Å². The van der Waals surface area contributed by atoms with E-state index in [1.807, 2.05) is 46.0 Å². The lowest BCUT2D eigenvalue weighted by molar-refractivity contribution is -0.862. The highest BCUT2D eigenvalue weighted by atomic mass is 16.2. The van der Waals surface area contributed by atoms with E-state index in [4.69, 9.17) is 0 Å². The number of benzene rings is 2. The molecule has 2 aromatic rings. The molecule has 3 rings (SSSR count). The highest BCUT2D eigenvalue weighted by Gasteiger charge is 2.18. The Bertz CT molecular complexity index is 902. The fourth-order valence-electron chi connectivity index (χ4n) is 4.20. The summed E-state index contributed by atoms with van der Waals surface area (Å²) in [4.78, 5) is 25.8. The molecule has 0 aromatic heterocycles. The summed E-state index contributed by atoms with van der Waals surface area (Å²) in [5.41, 5.74) is 6.96. The molecule has 0 saturated heterocycles. The molecule has 2 amide bonds. The highest BCUT2D eigenvalue weighted by Crippen LogP contribution is 2.24. The molecule has 0 saturated carbocycles. The summed E-state index contributed by atoms with van der Waals surface area (Å²) in [5.74, 6) is -0.127. The van der Waals surface area contributed by atoms with Gasteiger partial charge in [-0.15, -0.1) is 0 Å². The summed E-state index contributed by atoms with van der Waals surface area (Å²) >= 11 is 0. The molecule has 5 heteroatoms. The van der Waals surface area contributed by atoms with E-state index in [0.717, 1.165) is 40.1 Å². The number of carbonyl (C=O) groups is 2. The molecular weight excluding hydrogens is 374 g/mol. The molecule has 0 heterocycles. The third-order valence-electron chi connectivity index (χ3n) is 5.92. The van der Waals surface area contributed by atoms with Gasteiger partial charge in [-0.05, 0) is 74.3 Å². The van der Waals surface area contributed by atoms with E-state index >= 15 is 0 Å². The Morgan fingerprint density at radius 2 is 1.60 bits per heavy atom. The second-order valence-electron chi connectivity index (χ2n) is 8.65. The molecule has 1 aliphatic rings. The number of fused-ring (bicyclic) bond motifs is 1. The second kappa shape index (κ2) is 9.90. The van der Waals surface area contributed by atoms with Crippen molar-refractivity contribution in [1.29, 1.82) is 0 Å². The fraction of sp³-hybridized carbons (Fsp3) is 0.440. The van der Waals surface area contributed by atoms with Gasteiger partial charge < -0.3 is 15.5 Å². The minimum Gasteiger partial charge on any atom is -0.345 e. The number of nitrogens with one attached hydrogen (secondary N) is 3. The number of hydrogen-bond donors (Lipinski definition) is 3. The van der Waals surface area contributed by atoms with Crippen LogP contribution in [0.25, 0.3) is 0 Å². The van der Waals surface area contributed by atoms with E-state index in [2.05, 4.69) is 28.8 Å². The number of amides is 2. The SMILES string of the molecule is Cc1cccc(C)c1NC(=O)C[NH+](C)CC(=O)N[C@@H](C)c1ccc2c(c1)CCCC2. The number of rotatable bonds is 7. The average molecular weight is 409 g/mol. The third-order valence-corrected chi connectivity index (χ3v) is 5.92. The van der Waals surface area contributed by atoms with Crippen LogP contribution in [0.15, 0.2) is 36.4 Å². The first-order chi connectivity index (χ1) is 14.3. The van der Waals surface area contributed by atoms with Crippen LogP contribution in [-0.4, -0.2) is 32.0 Å². The zero-order valence-electron chi connectivity index (χ0n) is 18.6. The minimum absolute atomic E-state index is 0.0408. The Balaban J connectivity index is 1.50. The molecule has 0 bridgehead atoms. The number of anilines is 1. The van der Waals surface area contributed by atoms with E-state index in [1.54, 1.807) is 0 Å². The topological polar surface area (TPSA) is 62.6 Å². The van der Waals surface area contributed by atoms with Crippen LogP contribution in [0.5, 0.6) is 0 Å². The summed E-state index contributed by atoms with van der Waals surface area (Å²) in [6, 6.07) is 12.5. The van der Waals surface area contributed by atoms with Crippen molar-refractivity contribution < 1.29 is 14.5 Å². The van der Waals surface area contributed by atoms with Gasteiger partial charge in [0.1, 0.15) is 0 Å². The van der Waals surface area contributed by atoms with Crippen molar-refractivity contribution in [3.8, 4) is 0 Å². The third kappa shape index (κ3) is 5.70. The van der Waals surface area contributed by atoms with Gasteiger partial charge in [-0.25, -0.2) is 0 Å². The van der Waals surface area contributed by atoms with Gasteiger partial charge in [-0.1, -0.05) is 36.4 Å². The van der Waals surface area contributed by atoms with Crippen LogP contribution >= 0.6 is 0 Å². The van der Waals surface area contributed by atoms with Crippen LogP contribution in [0.1, 0.15) is 53.6 Å². The Labute approximate surface area is 179 Å². The molecular formula is C25H34N3O2+. The predicted molar refractivity (Wildman–Crippen MR) is 121 cm³/mol. The lowest BCUT2D eigenvalue weighted by Crippen LogP contribution is -3.11. The van der Waals surface area contributed by atoms with Crippen LogP contribution in [0.4, 0.5) is 5.69 Å². The van der Waals surface area contributed by atoms with Crippen LogP contribution < -0.4 is 15.5 Å². The van der Waals surface area contributed by atoms with Gasteiger partial charge in [0.05, 0.1) is 13.1 Å². The maximum Gasteiger partial charge on any atom is 0.279 e. The maximum absolute atomic E-state index is 12.5. The fourth-order valence-corrected chi connectivity index (χ4v) is 4.20. The number of likely N-dealkylation sites (N-methyl/N-ethyl adjacent to an activating group) is 1. The number of aryl methyl sites for hydroxylation is 4. The van der Waals surface area contributed by atoms with Gasteiger partial charge >= 0.3 is 0 Å². The number of hydrogen-bond acceptors (Lipinski definition) is 2. The van der Waals surface area contributed by atoms with Gasteiger partial charge in [0.25, 0.3) is 11.8 Å². The van der Waals surface area contributed by atoms with E-state index < -0.39 is 0 Å². The molecule has 0 radical (unpaired) electrons. The first-order valence-electron chi connectivity index (χ1n) is 10.9.